The molecule has 0 aliphatic rings. The second kappa shape index (κ2) is 2.91. The van der Waals surface area contributed by atoms with Gasteiger partial charge in [-0.05, 0) is 6.92 Å². The average molecular weight is 209 g/mol. The summed E-state index contributed by atoms with van der Waals surface area (Å²) in [6.07, 6.45) is 2.59. The molecule has 5 nitrogen and oxygen atoms in total. The van der Waals surface area contributed by atoms with Gasteiger partial charge in [-0.25, -0.2) is 4.98 Å². The van der Waals surface area contributed by atoms with Crippen LogP contribution in [-0.2, 0) is 0 Å². The highest BCUT2D eigenvalue weighted by Crippen LogP contribution is 2.12. The molecule has 6 heteroatoms. The number of rotatable bonds is 1. The molecule has 72 valence electrons. The molecule has 2 rings (SSSR count). The fourth-order valence-electron chi connectivity index (χ4n) is 1.14. The number of thiazole rings is 1. The van der Waals surface area contributed by atoms with Gasteiger partial charge in [-0.15, -0.1) is 11.3 Å². The highest BCUT2D eigenvalue weighted by Gasteiger charge is 2.07. The molecule has 0 fully saturated rings. The predicted octanol–water partition coefficient (Wildman–Crippen LogP) is -0.572. The van der Waals surface area contributed by atoms with Crippen LogP contribution in [-0.4, -0.2) is 15.4 Å². The van der Waals surface area contributed by atoms with Crippen LogP contribution in [0.3, 0.4) is 0 Å². The van der Waals surface area contributed by atoms with Gasteiger partial charge in [0.15, 0.2) is 4.96 Å². The fraction of sp³-hybridized carbons (Fsp3) is 0.125. The van der Waals surface area contributed by atoms with E-state index >= 15 is 0 Å². The number of nitrogens with zero attached hydrogens (tertiary/aromatic N) is 2. The number of aromatic nitrogens is 2. The highest BCUT2D eigenvalue weighted by atomic mass is 32.1. The zero-order valence-electron chi connectivity index (χ0n) is 7.18. The van der Waals surface area contributed by atoms with Crippen molar-refractivity contribution in [1.82, 2.24) is 9.38 Å². The zero-order chi connectivity index (χ0) is 10.3. The van der Waals surface area contributed by atoms with Crippen molar-refractivity contribution in [2.45, 2.75) is 6.92 Å². The summed E-state index contributed by atoms with van der Waals surface area (Å²) in [5, 5.41) is 10.5. The van der Waals surface area contributed by atoms with E-state index in [0.717, 1.165) is 11.1 Å². The van der Waals surface area contributed by atoms with Crippen molar-refractivity contribution < 1.29 is 9.90 Å². The van der Waals surface area contributed by atoms with Gasteiger partial charge >= 0.3 is 0 Å². The van der Waals surface area contributed by atoms with Gasteiger partial charge in [-0.3, -0.25) is 9.20 Å². The molecule has 0 saturated heterocycles. The first kappa shape index (κ1) is 8.89. The molecule has 0 spiro atoms. The van der Waals surface area contributed by atoms with Gasteiger partial charge in [-0.2, -0.15) is 0 Å². The standard InChI is InChI=1S/C8H6N2O3S/c1-4-3-10-6(11)5(7(12)13)2-9-8(10)14-4/h2-3H,1H3,(H,12,13)/p-1. The lowest BCUT2D eigenvalue weighted by Crippen LogP contribution is -2.31. The van der Waals surface area contributed by atoms with Crippen LogP contribution in [0.25, 0.3) is 4.96 Å². The van der Waals surface area contributed by atoms with E-state index in [4.69, 9.17) is 0 Å². The Labute approximate surface area is 82.3 Å². The van der Waals surface area contributed by atoms with E-state index in [2.05, 4.69) is 4.98 Å². The molecule has 2 heterocycles. The molecule has 0 unspecified atom stereocenters. The number of carbonyl (C=O) groups excluding carboxylic acids is 1. The first-order valence-electron chi connectivity index (χ1n) is 3.79. The van der Waals surface area contributed by atoms with Crippen molar-refractivity contribution in [2.75, 3.05) is 0 Å². The van der Waals surface area contributed by atoms with Gasteiger partial charge < -0.3 is 9.90 Å². The Hall–Kier alpha value is -1.69. The number of carboxylic acid groups (broad SMARTS) is 1. The third kappa shape index (κ3) is 1.20. The van der Waals surface area contributed by atoms with Crippen molar-refractivity contribution in [2.24, 2.45) is 0 Å². The van der Waals surface area contributed by atoms with E-state index in [1.807, 2.05) is 6.92 Å². The Morgan fingerprint density at radius 1 is 1.64 bits per heavy atom. The summed E-state index contributed by atoms with van der Waals surface area (Å²) in [4.78, 5) is 27.2. The van der Waals surface area contributed by atoms with Gasteiger partial charge in [-0.1, -0.05) is 0 Å². The maximum Gasteiger partial charge on any atom is 0.267 e. The van der Waals surface area contributed by atoms with E-state index in [-0.39, 0.29) is 0 Å². The molecular weight excluding hydrogens is 204 g/mol. The predicted molar refractivity (Wildman–Crippen MR) is 48.4 cm³/mol. The molecule has 2 aromatic rings. The molecule has 0 N–H and O–H groups in total. The maximum atomic E-state index is 11.5. The second-order valence-corrected chi connectivity index (χ2v) is 3.97. The van der Waals surface area contributed by atoms with E-state index in [1.165, 1.54) is 15.7 Å². The van der Waals surface area contributed by atoms with Crippen molar-refractivity contribution in [1.29, 1.82) is 0 Å². The molecule has 0 saturated carbocycles. The van der Waals surface area contributed by atoms with Gasteiger partial charge in [0, 0.05) is 17.3 Å². The third-order valence-electron chi connectivity index (χ3n) is 1.74. The lowest BCUT2D eigenvalue weighted by molar-refractivity contribution is -0.255. The number of carboxylic acids is 1. The van der Waals surface area contributed by atoms with Crippen molar-refractivity contribution in [3.05, 3.63) is 33.2 Å². The first-order chi connectivity index (χ1) is 6.59. The molecule has 0 amide bonds. The molecule has 2 aromatic heterocycles. The number of hydrogen-bond donors (Lipinski definition) is 0. The minimum Gasteiger partial charge on any atom is -0.545 e. The van der Waals surface area contributed by atoms with Crippen LogP contribution in [0.5, 0.6) is 0 Å². The SMILES string of the molecule is Cc1cn2c(=O)c(C(=O)[O-])cnc2s1. The van der Waals surface area contributed by atoms with E-state index < -0.39 is 17.1 Å². The van der Waals surface area contributed by atoms with Crippen LogP contribution in [0.4, 0.5) is 0 Å². The Morgan fingerprint density at radius 3 is 3.00 bits per heavy atom. The van der Waals surface area contributed by atoms with Crippen LogP contribution in [0.15, 0.2) is 17.2 Å². The lowest BCUT2D eigenvalue weighted by atomic mass is 10.3. The van der Waals surface area contributed by atoms with Crippen LogP contribution in [0.2, 0.25) is 0 Å². The number of carbonyl (C=O) groups is 1. The zero-order valence-corrected chi connectivity index (χ0v) is 8.00. The van der Waals surface area contributed by atoms with Crippen LogP contribution >= 0.6 is 11.3 Å². The van der Waals surface area contributed by atoms with Gasteiger partial charge in [0.2, 0.25) is 0 Å². The van der Waals surface area contributed by atoms with Crippen LogP contribution < -0.4 is 10.7 Å². The summed E-state index contributed by atoms with van der Waals surface area (Å²) < 4.78 is 1.21. The van der Waals surface area contributed by atoms with Gasteiger partial charge in [0.1, 0.15) is 0 Å². The number of aryl methyl sites for hydroxylation is 1. The van der Waals surface area contributed by atoms with E-state index in [1.54, 1.807) is 6.20 Å². The Balaban J connectivity index is 2.88. The highest BCUT2D eigenvalue weighted by molar-refractivity contribution is 7.16. The minimum absolute atomic E-state index is 0.416. The second-order valence-electron chi connectivity index (χ2n) is 2.76. The fourth-order valence-corrected chi connectivity index (χ4v) is 1.92. The Morgan fingerprint density at radius 2 is 2.36 bits per heavy atom. The summed E-state index contributed by atoms with van der Waals surface area (Å²) in [5.41, 5.74) is -1.01. The quantitative estimate of drug-likeness (QED) is 0.630. The molecular formula is C8H5N2O3S-. The molecule has 0 atom stereocenters. The first-order valence-corrected chi connectivity index (χ1v) is 4.60. The molecule has 0 aliphatic carbocycles. The summed E-state index contributed by atoms with van der Waals surface area (Å²) in [6.45, 7) is 1.82. The number of fused-ring (bicyclic) bond motifs is 1. The van der Waals surface area contributed by atoms with Crippen molar-refractivity contribution >= 4 is 22.3 Å². The van der Waals surface area contributed by atoms with Crippen molar-refractivity contribution in [3.63, 3.8) is 0 Å². The Bertz CT molecular complexity index is 569. The normalized spacial score (nSPS) is 10.6. The van der Waals surface area contributed by atoms with Crippen LogP contribution in [0.1, 0.15) is 15.2 Å². The molecule has 0 bridgehead atoms. The lowest BCUT2D eigenvalue weighted by Gasteiger charge is -1.99. The summed E-state index contributed by atoms with van der Waals surface area (Å²) in [6, 6.07) is 0. The van der Waals surface area contributed by atoms with E-state index in [9.17, 15) is 14.7 Å². The van der Waals surface area contributed by atoms with Gasteiger partial charge in [0.05, 0.1) is 11.5 Å². The number of aromatic carboxylic acids is 1. The summed E-state index contributed by atoms with van der Waals surface area (Å²) in [7, 11) is 0. The van der Waals surface area contributed by atoms with E-state index in [0.29, 0.717) is 4.96 Å². The summed E-state index contributed by atoms with van der Waals surface area (Å²) in [5.74, 6) is -1.50. The van der Waals surface area contributed by atoms with Crippen LogP contribution in [0, 0.1) is 6.92 Å². The topological polar surface area (TPSA) is 74.5 Å². The third-order valence-corrected chi connectivity index (χ3v) is 2.65. The molecule has 0 aromatic carbocycles. The van der Waals surface area contributed by atoms with Crippen molar-refractivity contribution in [3.8, 4) is 0 Å². The smallest absolute Gasteiger partial charge is 0.267 e. The van der Waals surface area contributed by atoms with Gasteiger partial charge in [0.25, 0.3) is 5.56 Å². The molecule has 0 aliphatic heterocycles. The summed E-state index contributed by atoms with van der Waals surface area (Å²) >= 11 is 1.33. The Kier molecular flexibility index (Phi) is 1.85. The number of hydrogen-bond acceptors (Lipinski definition) is 5. The molecule has 0 radical (unpaired) electrons. The monoisotopic (exact) mass is 209 g/mol. The average Bonchev–Trinajstić information content (AvgIpc) is 2.46. The molecule has 14 heavy (non-hydrogen) atoms. The largest absolute Gasteiger partial charge is 0.545 e. The minimum atomic E-state index is -1.50. The maximum absolute atomic E-state index is 11.5.